The molecule has 3 atom stereocenters. The Kier molecular flexibility index (Phi) is 5.77. The van der Waals surface area contributed by atoms with Crippen LogP contribution >= 0.6 is 23.2 Å². The number of hydrogen-bond donors (Lipinski definition) is 0. The van der Waals surface area contributed by atoms with Crippen LogP contribution in [0.1, 0.15) is 42.5 Å². The van der Waals surface area contributed by atoms with Gasteiger partial charge in [0.1, 0.15) is 12.2 Å². The monoisotopic (exact) mass is 415 g/mol. The fraction of sp³-hybridized carbons (Fsp3) is 0.348. The first-order valence-electron chi connectivity index (χ1n) is 9.64. The standard InChI is InChI=1S/C23H23Cl2NO2/c1-2-4-20-23(27)26(14-15-7-8-15)21(16-9-11-18(24)12-10-16)22(28-20)17-5-3-6-19(25)13-17/h2-3,5-6,9-13,15,20-22H,1,4,7-8,14H2. The normalized spacial score (nSPS) is 25.0. The summed E-state index contributed by atoms with van der Waals surface area (Å²) in [7, 11) is 0. The van der Waals surface area contributed by atoms with E-state index in [0.29, 0.717) is 22.4 Å². The molecule has 146 valence electrons. The molecule has 0 bridgehead atoms. The second-order valence-corrected chi connectivity index (χ2v) is 8.43. The highest BCUT2D eigenvalue weighted by Gasteiger charge is 2.45. The fourth-order valence-corrected chi connectivity index (χ4v) is 4.17. The zero-order chi connectivity index (χ0) is 19.7. The highest BCUT2D eigenvalue weighted by Crippen LogP contribution is 2.45. The van der Waals surface area contributed by atoms with Gasteiger partial charge in [-0.2, -0.15) is 0 Å². The maximum absolute atomic E-state index is 13.3. The van der Waals surface area contributed by atoms with Gasteiger partial charge in [0.25, 0.3) is 5.91 Å². The average molecular weight is 416 g/mol. The Balaban J connectivity index is 1.79. The lowest BCUT2D eigenvalue weighted by atomic mass is 9.91. The molecule has 2 aromatic carbocycles. The van der Waals surface area contributed by atoms with Gasteiger partial charge in [-0.3, -0.25) is 4.79 Å². The maximum Gasteiger partial charge on any atom is 0.252 e. The molecule has 3 unspecified atom stereocenters. The number of hydrogen-bond acceptors (Lipinski definition) is 2. The summed E-state index contributed by atoms with van der Waals surface area (Å²) < 4.78 is 6.36. The molecule has 2 fully saturated rings. The van der Waals surface area contributed by atoms with Crippen LogP contribution in [-0.4, -0.2) is 23.5 Å². The molecular weight excluding hydrogens is 393 g/mol. The van der Waals surface area contributed by atoms with Crippen LogP contribution in [0, 0.1) is 5.92 Å². The molecule has 0 spiro atoms. The van der Waals surface area contributed by atoms with Gasteiger partial charge in [0.15, 0.2) is 0 Å². The summed E-state index contributed by atoms with van der Waals surface area (Å²) in [5.74, 6) is 0.603. The van der Waals surface area contributed by atoms with Crippen molar-refractivity contribution in [2.75, 3.05) is 6.54 Å². The van der Waals surface area contributed by atoms with Crippen molar-refractivity contribution in [3.8, 4) is 0 Å². The molecule has 1 aliphatic heterocycles. The van der Waals surface area contributed by atoms with Gasteiger partial charge in [-0.05, 0) is 54.2 Å². The lowest BCUT2D eigenvalue weighted by molar-refractivity contribution is -0.174. The molecule has 5 heteroatoms. The lowest BCUT2D eigenvalue weighted by Crippen LogP contribution is -2.51. The third-order valence-corrected chi connectivity index (χ3v) is 5.90. The minimum Gasteiger partial charge on any atom is -0.358 e. The molecule has 3 nitrogen and oxygen atoms in total. The van der Waals surface area contributed by atoms with Crippen molar-refractivity contribution >= 4 is 29.1 Å². The van der Waals surface area contributed by atoms with Gasteiger partial charge in [-0.1, -0.05) is 53.5 Å². The van der Waals surface area contributed by atoms with E-state index in [9.17, 15) is 4.79 Å². The van der Waals surface area contributed by atoms with E-state index in [2.05, 4.69) is 6.58 Å². The zero-order valence-corrected chi connectivity index (χ0v) is 17.1. The Labute approximate surface area is 175 Å². The number of rotatable bonds is 6. The van der Waals surface area contributed by atoms with Crippen LogP contribution in [0.4, 0.5) is 0 Å². The van der Waals surface area contributed by atoms with Crippen molar-refractivity contribution in [1.29, 1.82) is 0 Å². The molecule has 2 aliphatic rings. The number of halogens is 2. The molecule has 1 saturated carbocycles. The van der Waals surface area contributed by atoms with Gasteiger partial charge in [0, 0.05) is 23.0 Å². The van der Waals surface area contributed by atoms with Crippen LogP contribution < -0.4 is 0 Å². The third-order valence-electron chi connectivity index (χ3n) is 5.41. The van der Waals surface area contributed by atoms with E-state index in [0.717, 1.165) is 17.7 Å². The summed E-state index contributed by atoms with van der Waals surface area (Å²) in [5.41, 5.74) is 1.98. The van der Waals surface area contributed by atoms with E-state index in [1.165, 1.54) is 12.8 Å². The van der Waals surface area contributed by atoms with Crippen LogP contribution in [0.2, 0.25) is 10.0 Å². The summed E-state index contributed by atoms with van der Waals surface area (Å²) >= 11 is 12.4. The number of carbonyl (C=O) groups excluding carboxylic acids is 1. The Morgan fingerprint density at radius 2 is 1.82 bits per heavy atom. The number of morpholine rings is 1. The van der Waals surface area contributed by atoms with Gasteiger partial charge in [0.2, 0.25) is 0 Å². The number of nitrogens with zero attached hydrogens (tertiary/aromatic N) is 1. The van der Waals surface area contributed by atoms with Crippen molar-refractivity contribution in [3.63, 3.8) is 0 Å². The Hall–Kier alpha value is -1.81. The predicted octanol–water partition coefficient (Wildman–Crippen LogP) is 5.99. The van der Waals surface area contributed by atoms with E-state index < -0.39 is 6.10 Å². The third kappa shape index (κ3) is 4.12. The summed E-state index contributed by atoms with van der Waals surface area (Å²) in [6, 6.07) is 15.2. The van der Waals surface area contributed by atoms with Crippen LogP contribution in [0.25, 0.3) is 0 Å². The molecule has 0 N–H and O–H groups in total. The van der Waals surface area contributed by atoms with Crippen LogP contribution in [0.15, 0.2) is 61.2 Å². The van der Waals surface area contributed by atoms with E-state index in [1.807, 2.05) is 53.4 Å². The summed E-state index contributed by atoms with van der Waals surface area (Å²) in [6.45, 7) is 4.55. The molecule has 0 aromatic heterocycles. The number of amides is 1. The molecule has 1 saturated heterocycles. The van der Waals surface area contributed by atoms with Crippen molar-refractivity contribution in [2.24, 2.45) is 5.92 Å². The number of ether oxygens (including phenoxy) is 1. The van der Waals surface area contributed by atoms with Crippen molar-refractivity contribution < 1.29 is 9.53 Å². The molecule has 4 rings (SSSR count). The largest absolute Gasteiger partial charge is 0.358 e. The number of carbonyl (C=O) groups is 1. The van der Waals surface area contributed by atoms with E-state index in [1.54, 1.807) is 6.08 Å². The second-order valence-electron chi connectivity index (χ2n) is 7.56. The van der Waals surface area contributed by atoms with E-state index in [-0.39, 0.29) is 18.1 Å². The summed E-state index contributed by atoms with van der Waals surface area (Å²) in [6.07, 6.45) is 3.75. The maximum atomic E-state index is 13.3. The van der Waals surface area contributed by atoms with Crippen molar-refractivity contribution in [2.45, 2.75) is 37.5 Å². The predicted molar refractivity (Wildman–Crippen MR) is 113 cm³/mol. The molecule has 28 heavy (non-hydrogen) atoms. The van der Waals surface area contributed by atoms with Gasteiger partial charge in [-0.25, -0.2) is 0 Å². The molecule has 1 heterocycles. The highest BCUT2D eigenvalue weighted by molar-refractivity contribution is 6.30. The SMILES string of the molecule is C=CCC1OC(c2cccc(Cl)c2)C(c2ccc(Cl)cc2)N(CC2CC2)C1=O. The van der Waals surface area contributed by atoms with Crippen LogP contribution in [-0.2, 0) is 9.53 Å². The first kappa shape index (κ1) is 19.5. The fourth-order valence-electron chi connectivity index (χ4n) is 3.84. The van der Waals surface area contributed by atoms with Gasteiger partial charge >= 0.3 is 0 Å². The quantitative estimate of drug-likeness (QED) is 0.542. The molecule has 0 radical (unpaired) electrons. The smallest absolute Gasteiger partial charge is 0.252 e. The summed E-state index contributed by atoms with van der Waals surface area (Å²) in [5, 5.41) is 1.33. The van der Waals surface area contributed by atoms with Gasteiger partial charge in [0.05, 0.1) is 6.04 Å². The topological polar surface area (TPSA) is 29.5 Å². The molecule has 1 aliphatic carbocycles. The average Bonchev–Trinajstić information content (AvgIpc) is 3.50. The highest BCUT2D eigenvalue weighted by atomic mass is 35.5. The Morgan fingerprint density at radius 1 is 1.07 bits per heavy atom. The Bertz CT molecular complexity index is 863. The van der Waals surface area contributed by atoms with Crippen LogP contribution in [0.3, 0.4) is 0 Å². The summed E-state index contributed by atoms with van der Waals surface area (Å²) in [4.78, 5) is 15.3. The molecule has 1 amide bonds. The molecule has 2 aromatic rings. The van der Waals surface area contributed by atoms with Crippen molar-refractivity contribution in [3.05, 3.63) is 82.4 Å². The number of benzene rings is 2. The van der Waals surface area contributed by atoms with E-state index in [4.69, 9.17) is 27.9 Å². The van der Waals surface area contributed by atoms with Crippen molar-refractivity contribution in [1.82, 2.24) is 4.90 Å². The second kappa shape index (κ2) is 8.28. The van der Waals surface area contributed by atoms with E-state index >= 15 is 0 Å². The lowest BCUT2D eigenvalue weighted by Gasteiger charge is -2.45. The minimum absolute atomic E-state index is 0.0324. The Morgan fingerprint density at radius 3 is 2.46 bits per heavy atom. The van der Waals surface area contributed by atoms with Gasteiger partial charge in [-0.15, -0.1) is 6.58 Å². The van der Waals surface area contributed by atoms with Gasteiger partial charge < -0.3 is 9.64 Å². The molecular formula is C23H23Cl2NO2. The first-order valence-corrected chi connectivity index (χ1v) is 10.4. The zero-order valence-electron chi connectivity index (χ0n) is 15.6. The minimum atomic E-state index is -0.524. The van der Waals surface area contributed by atoms with Crippen LogP contribution in [0.5, 0.6) is 0 Å². The first-order chi connectivity index (χ1) is 13.6.